The van der Waals surface area contributed by atoms with Crippen LogP contribution in [0, 0.1) is 0 Å². The summed E-state index contributed by atoms with van der Waals surface area (Å²) >= 11 is 0. The summed E-state index contributed by atoms with van der Waals surface area (Å²) in [5.41, 5.74) is 0.264. The van der Waals surface area contributed by atoms with Crippen LogP contribution in [0.25, 0.3) is 0 Å². The highest BCUT2D eigenvalue weighted by atomic mass is 16.5. The van der Waals surface area contributed by atoms with Gasteiger partial charge in [-0.15, -0.1) is 0 Å². The summed E-state index contributed by atoms with van der Waals surface area (Å²) in [5, 5.41) is 0. The molecular weight excluding hydrogens is 232 g/mol. The van der Waals surface area contributed by atoms with E-state index in [-0.39, 0.29) is 18.0 Å². The number of nitrogens with zero attached hydrogens (tertiary/aromatic N) is 2. The third-order valence-corrected chi connectivity index (χ3v) is 2.57. The van der Waals surface area contributed by atoms with Crippen LogP contribution in [0.15, 0.2) is 52.2 Å². The Labute approximate surface area is 104 Å². The number of aryl methyl sites for hydroxylation is 1. The summed E-state index contributed by atoms with van der Waals surface area (Å²) in [7, 11) is 1.59. The van der Waals surface area contributed by atoms with E-state index < -0.39 is 0 Å². The lowest BCUT2D eigenvalue weighted by Gasteiger charge is -2.07. The number of rotatable bonds is 4. The lowest BCUT2D eigenvalue weighted by molar-refractivity contribution is 0.0580. The maximum Gasteiger partial charge on any atom is 0.332 e. The largest absolute Gasteiger partial charge is 0.356 e. The zero-order chi connectivity index (χ0) is 13.0. The van der Waals surface area contributed by atoms with E-state index in [0.29, 0.717) is 6.61 Å². The molecular formula is C13H14N2O3. The van der Waals surface area contributed by atoms with Gasteiger partial charge >= 0.3 is 5.69 Å². The topological polar surface area (TPSA) is 53.2 Å². The molecule has 0 fully saturated rings. The molecule has 0 aliphatic heterocycles. The summed E-state index contributed by atoms with van der Waals surface area (Å²) in [4.78, 5) is 23.2. The molecule has 0 spiro atoms. The highest BCUT2D eigenvalue weighted by molar-refractivity contribution is 5.13. The molecule has 0 amide bonds. The molecule has 5 nitrogen and oxygen atoms in total. The van der Waals surface area contributed by atoms with Gasteiger partial charge in [0, 0.05) is 19.3 Å². The fraction of sp³-hybridized carbons (Fsp3) is 0.231. The van der Waals surface area contributed by atoms with Crippen LogP contribution in [0.4, 0.5) is 0 Å². The van der Waals surface area contributed by atoms with Crippen LogP contribution in [0.1, 0.15) is 5.56 Å². The van der Waals surface area contributed by atoms with Gasteiger partial charge in [-0.1, -0.05) is 30.3 Å². The Morgan fingerprint density at radius 1 is 1.11 bits per heavy atom. The van der Waals surface area contributed by atoms with E-state index in [2.05, 4.69) is 0 Å². The second-order valence-electron chi connectivity index (χ2n) is 3.94. The predicted octanol–water partition coefficient (Wildman–Crippen LogP) is 0.721. The zero-order valence-corrected chi connectivity index (χ0v) is 10.1. The quantitative estimate of drug-likeness (QED) is 0.798. The van der Waals surface area contributed by atoms with Gasteiger partial charge in [-0.2, -0.15) is 0 Å². The van der Waals surface area contributed by atoms with Crippen molar-refractivity contribution in [3.05, 3.63) is 69.0 Å². The number of hydrogen-bond acceptors (Lipinski definition) is 3. The van der Waals surface area contributed by atoms with E-state index in [9.17, 15) is 9.59 Å². The molecule has 0 N–H and O–H groups in total. The van der Waals surface area contributed by atoms with E-state index in [0.717, 1.165) is 10.1 Å². The molecule has 5 heteroatoms. The van der Waals surface area contributed by atoms with Crippen LogP contribution in [-0.4, -0.2) is 9.13 Å². The number of benzene rings is 1. The number of ether oxygens (including phenoxy) is 1. The number of hydrogen-bond donors (Lipinski definition) is 0. The van der Waals surface area contributed by atoms with Gasteiger partial charge in [-0.25, -0.2) is 9.36 Å². The van der Waals surface area contributed by atoms with Crippen molar-refractivity contribution in [1.82, 2.24) is 9.13 Å². The van der Waals surface area contributed by atoms with Crippen molar-refractivity contribution in [3.63, 3.8) is 0 Å². The molecule has 0 aliphatic carbocycles. The molecule has 0 saturated heterocycles. The number of aromatic nitrogens is 2. The van der Waals surface area contributed by atoms with Crippen LogP contribution < -0.4 is 11.2 Å². The summed E-state index contributed by atoms with van der Waals surface area (Å²) in [6.07, 6.45) is 1.44. The Morgan fingerprint density at radius 3 is 2.56 bits per heavy atom. The lowest BCUT2D eigenvalue weighted by atomic mass is 10.2. The van der Waals surface area contributed by atoms with Crippen LogP contribution in [-0.2, 0) is 25.1 Å². The molecule has 0 radical (unpaired) electrons. The fourth-order valence-corrected chi connectivity index (χ4v) is 1.56. The third kappa shape index (κ3) is 2.75. The molecule has 0 unspecified atom stereocenters. The zero-order valence-electron chi connectivity index (χ0n) is 10.1. The Hall–Kier alpha value is -2.14. The van der Waals surface area contributed by atoms with Crippen molar-refractivity contribution in [1.29, 1.82) is 0 Å². The van der Waals surface area contributed by atoms with Crippen molar-refractivity contribution in [3.8, 4) is 0 Å². The van der Waals surface area contributed by atoms with Crippen LogP contribution in [0.5, 0.6) is 0 Å². The first-order valence-electron chi connectivity index (χ1n) is 5.56. The molecule has 0 atom stereocenters. The molecule has 1 heterocycles. The lowest BCUT2D eigenvalue weighted by Crippen LogP contribution is -2.38. The minimum atomic E-state index is -0.379. The van der Waals surface area contributed by atoms with Gasteiger partial charge in [0.05, 0.1) is 6.61 Å². The highest BCUT2D eigenvalue weighted by Crippen LogP contribution is 2.00. The van der Waals surface area contributed by atoms with E-state index in [4.69, 9.17) is 4.74 Å². The maximum atomic E-state index is 11.7. The standard InChI is InChI=1S/C13H14N2O3/c1-14-8-7-12(16)15(13(14)17)10-18-9-11-5-3-2-4-6-11/h2-8H,9-10H2,1H3. The summed E-state index contributed by atoms with van der Waals surface area (Å²) in [6.45, 7) is 0.326. The average Bonchev–Trinajstić information content (AvgIpc) is 2.39. The van der Waals surface area contributed by atoms with Gasteiger partial charge in [-0.3, -0.25) is 4.79 Å². The molecule has 1 aromatic carbocycles. The van der Waals surface area contributed by atoms with Gasteiger partial charge in [0.25, 0.3) is 5.56 Å². The van der Waals surface area contributed by atoms with Crippen molar-refractivity contribution in [2.24, 2.45) is 7.05 Å². The summed E-state index contributed by atoms with van der Waals surface area (Å²) in [6, 6.07) is 10.9. The molecule has 1 aromatic heterocycles. The second kappa shape index (κ2) is 5.46. The molecule has 0 aliphatic rings. The molecule has 0 saturated carbocycles. The molecule has 18 heavy (non-hydrogen) atoms. The minimum absolute atomic E-state index is 0.0404. The second-order valence-corrected chi connectivity index (χ2v) is 3.94. The highest BCUT2D eigenvalue weighted by Gasteiger charge is 2.02. The van der Waals surface area contributed by atoms with Crippen molar-refractivity contribution >= 4 is 0 Å². The summed E-state index contributed by atoms with van der Waals surface area (Å²) < 4.78 is 7.77. The van der Waals surface area contributed by atoms with Crippen LogP contribution in [0.2, 0.25) is 0 Å². The van der Waals surface area contributed by atoms with Crippen LogP contribution in [0.3, 0.4) is 0 Å². The van der Waals surface area contributed by atoms with Gasteiger partial charge in [0.2, 0.25) is 0 Å². The maximum absolute atomic E-state index is 11.7. The van der Waals surface area contributed by atoms with Crippen molar-refractivity contribution in [2.45, 2.75) is 13.3 Å². The first kappa shape index (κ1) is 12.3. The molecule has 94 valence electrons. The monoisotopic (exact) mass is 246 g/mol. The minimum Gasteiger partial charge on any atom is -0.356 e. The smallest absolute Gasteiger partial charge is 0.332 e. The molecule has 0 bridgehead atoms. The summed E-state index contributed by atoms with van der Waals surface area (Å²) in [5.74, 6) is 0. The fourth-order valence-electron chi connectivity index (χ4n) is 1.56. The molecule has 2 rings (SSSR count). The van der Waals surface area contributed by atoms with Gasteiger partial charge in [-0.05, 0) is 5.56 Å². The normalized spacial score (nSPS) is 10.5. The Morgan fingerprint density at radius 2 is 1.83 bits per heavy atom. The van der Waals surface area contributed by atoms with E-state index in [1.165, 1.54) is 16.8 Å². The van der Waals surface area contributed by atoms with Gasteiger partial charge in [0.15, 0.2) is 0 Å². The average molecular weight is 246 g/mol. The Kier molecular flexibility index (Phi) is 3.74. The van der Waals surface area contributed by atoms with E-state index in [1.807, 2.05) is 30.3 Å². The van der Waals surface area contributed by atoms with Crippen molar-refractivity contribution in [2.75, 3.05) is 0 Å². The van der Waals surface area contributed by atoms with Gasteiger partial charge < -0.3 is 9.30 Å². The molecule has 2 aromatic rings. The Balaban J connectivity index is 2.06. The van der Waals surface area contributed by atoms with Crippen LogP contribution >= 0.6 is 0 Å². The first-order chi connectivity index (χ1) is 8.68. The van der Waals surface area contributed by atoms with E-state index >= 15 is 0 Å². The Bertz CT molecular complexity index is 629. The third-order valence-electron chi connectivity index (χ3n) is 2.57. The first-order valence-corrected chi connectivity index (χ1v) is 5.56. The van der Waals surface area contributed by atoms with E-state index in [1.54, 1.807) is 7.05 Å². The predicted molar refractivity (Wildman–Crippen MR) is 67.2 cm³/mol. The van der Waals surface area contributed by atoms with Crippen molar-refractivity contribution < 1.29 is 4.74 Å². The van der Waals surface area contributed by atoms with Gasteiger partial charge in [0.1, 0.15) is 6.73 Å². The SMILES string of the molecule is Cn1ccc(=O)n(COCc2ccccc2)c1=O.